The normalized spacial score (nSPS) is 19.3. The van der Waals surface area contributed by atoms with Gasteiger partial charge in [0, 0.05) is 23.6 Å². The Hall–Kier alpha value is -3.79. The van der Waals surface area contributed by atoms with Gasteiger partial charge >= 0.3 is 5.97 Å². The van der Waals surface area contributed by atoms with Gasteiger partial charge in [0.25, 0.3) is 11.8 Å². The number of hydrogen-bond acceptors (Lipinski definition) is 6. The minimum absolute atomic E-state index is 0.169. The van der Waals surface area contributed by atoms with Gasteiger partial charge in [0.05, 0.1) is 23.9 Å². The zero-order valence-corrected chi connectivity index (χ0v) is 19.3. The van der Waals surface area contributed by atoms with Crippen molar-refractivity contribution in [2.75, 3.05) is 25.2 Å². The second kappa shape index (κ2) is 9.60. The van der Waals surface area contributed by atoms with Gasteiger partial charge in [0.2, 0.25) is 5.91 Å². The van der Waals surface area contributed by atoms with E-state index in [0.29, 0.717) is 22.6 Å². The van der Waals surface area contributed by atoms with Crippen LogP contribution >= 0.6 is 11.8 Å². The summed E-state index contributed by atoms with van der Waals surface area (Å²) in [4.78, 5) is 52.3. The van der Waals surface area contributed by atoms with E-state index < -0.39 is 18.1 Å². The summed E-state index contributed by atoms with van der Waals surface area (Å²) in [6.45, 7) is 0.169. The number of carboxylic acids is 1. The third kappa shape index (κ3) is 4.62. The summed E-state index contributed by atoms with van der Waals surface area (Å²) in [5, 5.41) is 14.5. The maximum Gasteiger partial charge on any atom is 0.328 e. The third-order valence-corrected chi connectivity index (χ3v) is 6.53. The van der Waals surface area contributed by atoms with Gasteiger partial charge in [0.1, 0.15) is 11.8 Å². The van der Waals surface area contributed by atoms with E-state index in [4.69, 9.17) is 9.84 Å². The molecular weight excluding hydrogens is 458 g/mol. The van der Waals surface area contributed by atoms with Gasteiger partial charge in [-0.05, 0) is 54.6 Å². The van der Waals surface area contributed by atoms with E-state index in [2.05, 4.69) is 10.6 Å². The number of amides is 3. The first-order valence-corrected chi connectivity index (χ1v) is 11.7. The highest BCUT2D eigenvalue weighted by Gasteiger charge is 2.43. The maximum absolute atomic E-state index is 13.3. The second-order valence-electron chi connectivity index (χ2n) is 7.91. The molecule has 2 aliphatic heterocycles. The number of hydrogen-bond donors (Lipinski definition) is 3. The van der Waals surface area contributed by atoms with Gasteiger partial charge < -0.3 is 25.4 Å². The molecule has 4 rings (SSSR count). The smallest absolute Gasteiger partial charge is 0.328 e. The highest BCUT2D eigenvalue weighted by Crippen LogP contribution is 2.31. The SMILES string of the molecule is COc1cc(SC)ccc1C(=O)N[C@H]1C[C@H]2C(=O)Nc3ccc(/C=C/C(=O)O)cc3C(=O)N2C1. The third-order valence-electron chi connectivity index (χ3n) is 5.80. The first kappa shape index (κ1) is 23.4. The number of carboxylic acid groups (broad SMARTS) is 1. The molecule has 2 aliphatic rings. The molecule has 9 nitrogen and oxygen atoms in total. The predicted octanol–water partition coefficient (Wildman–Crippen LogP) is 2.48. The molecule has 0 bridgehead atoms. The Labute approximate surface area is 200 Å². The van der Waals surface area contributed by atoms with Gasteiger partial charge in [-0.3, -0.25) is 14.4 Å². The topological polar surface area (TPSA) is 125 Å². The van der Waals surface area contributed by atoms with E-state index in [1.54, 1.807) is 30.3 Å². The van der Waals surface area contributed by atoms with Crippen LogP contribution in [0.1, 0.15) is 32.7 Å². The van der Waals surface area contributed by atoms with Gasteiger partial charge in [-0.2, -0.15) is 0 Å². The number of methoxy groups -OCH3 is 1. The highest BCUT2D eigenvalue weighted by atomic mass is 32.2. The number of fused-ring (bicyclic) bond motifs is 2. The zero-order valence-electron chi connectivity index (χ0n) is 18.5. The number of nitrogens with one attached hydrogen (secondary N) is 2. The van der Waals surface area contributed by atoms with Crippen molar-refractivity contribution >= 4 is 47.2 Å². The number of aliphatic carboxylic acids is 1. The summed E-state index contributed by atoms with van der Waals surface area (Å²) in [5.41, 5.74) is 1.53. The second-order valence-corrected chi connectivity index (χ2v) is 8.79. The van der Waals surface area contributed by atoms with Crippen LogP contribution < -0.4 is 15.4 Å². The lowest BCUT2D eigenvalue weighted by Gasteiger charge is -2.20. The maximum atomic E-state index is 13.3. The van der Waals surface area contributed by atoms with Gasteiger partial charge in [-0.1, -0.05) is 6.07 Å². The number of benzene rings is 2. The minimum atomic E-state index is -1.10. The molecule has 10 heteroatoms. The summed E-state index contributed by atoms with van der Waals surface area (Å²) in [5.74, 6) is -1.70. The Morgan fingerprint density at radius 2 is 2.03 bits per heavy atom. The summed E-state index contributed by atoms with van der Waals surface area (Å²) in [6, 6.07) is 8.90. The molecule has 2 heterocycles. The number of anilines is 1. The molecule has 2 atom stereocenters. The Morgan fingerprint density at radius 1 is 1.24 bits per heavy atom. The summed E-state index contributed by atoms with van der Waals surface area (Å²) >= 11 is 1.53. The van der Waals surface area contributed by atoms with E-state index in [1.165, 1.54) is 29.8 Å². The molecule has 0 aliphatic carbocycles. The zero-order chi connectivity index (χ0) is 24.4. The number of ether oxygens (including phenoxy) is 1. The van der Waals surface area contributed by atoms with Crippen LogP contribution in [0.3, 0.4) is 0 Å². The van der Waals surface area contributed by atoms with Gasteiger partial charge in [-0.15, -0.1) is 11.8 Å². The monoisotopic (exact) mass is 481 g/mol. The molecule has 0 unspecified atom stereocenters. The van der Waals surface area contributed by atoms with Crippen LogP contribution in [0, 0.1) is 0 Å². The average molecular weight is 482 g/mol. The fourth-order valence-corrected chi connectivity index (χ4v) is 4.58. The minimum Gasteiger partial charge on any atom is -0.496 e. The first-order chi connectivity index (χ1) is 16.3. The number of rotatable bonds is 6. The van der Waals surface area contributed by atoms with E-state index in [-0.39, 0.29) is 36.3 Å². The van der Waals surface area contributed by atoms with Crippen LogP contribution in [0.15, 0.2) is 47.4 Å². The summed E-state index contributed by atoms with van der Waals surface area (Å²) < 4.78 is 5.36. The van der Waals surface area contributed by atoms with Crippen molar-refractivity contribution in [3.63, 3.8) is 0 Å². The number of thioether (sulfide) groups is 1. The van der Waals surface area contributed by atoms with Crippen molar-refractivity contribution < 1.29 is 29.0 Å². The quantitative estimate of drug-likeness (QED) is 0.428. The van der Waals surface area contributed by atoms with Crippen LogP contribution in [-0.2, 0) is 9.59 Å². The molecule has 2 aromatic carbocycles. The molecule has 1 saturated heterocycles. The highest BCUT2D eigenvalue weighted by molar-refractivity contribution is 7.98. The Morgan fingerprint density at radius 3 is 2.74 bits per heavy atom. The largest absolute Gasteiger partial charge is 0.496 e. The molecule has 0 radical (unpaired) electrons. The van der Waals surface area contributed by atoms with E-state index >= 15 is 0 Å². The lowest BCUT2D eigenvalue weighted by molar-refractivity contribution is -0.131. The molecule has 2 aromatic rings. The van der Waals surface area contributed by atoms with Crippen LogP contribution in [-0.4, -0.2) is 65.7 Å². The molecule has 1 fully saturated rings. The molecule has 176 valence electrons. The fraction of sp³-hybridized carbons (Fsp3) is 0.250. The van der Waals surface area contributed by atoms with Gasteiger partial charge in [0.15, 0.2) is 0 Å². The molecule has 3 amide bonds. The molecule has 0 aromatic heterocycles. The van der Waals surface area contributed by atoms with Crippen molar-refractivity contribution in [1.82, 2.24) is 10.2 Å². The van der Waals surface area contributed by atoms with Gasteiger partial charge in [-0.25, -0.2) is 4.79 Å². The van der Waals surface area contributed by atoms with E-state index in [1.807, 2.05) is 12.3 Å². The first-order valence-electron chi connectivity index (χ1n) is 10.5. The van der Waals surface area contributed by atoms with Crippen LogP contribution in [0.2, 0.25) is 0 Å². The van der Waals surface area contributed by atoms with Crippen LogP contribution in [0.5, 0.6) is 5.75 Å². The van der Waals surface area contributed by atoms with Crippen molar-refractivity contribution in [1.29, 1.82) is 0 Å². The molecular formula is C24H23N3O6S. The molecule has 0 saturated carbocycles. The van der Waals surface area contributed by atoms with Crippen LogP contribution in [0.4, 0.5) is 5.69 Å². The Bertz CT molecular complexity index is 1210. The molecule has 34 heavy (non-hydrogen) atoms. The summed E-state index contributed by atoms with van der Waals surface area (Å²) in [7, 11) is 1.50. The van der Waals surface area contributed by atoms with E-state index in [9.17, 15) is 19.2 Å². The Balaban J connectivity index is 1.54. The lowest BCUT2D eigenvalue weighted by Crippen LogP contribution is -2.41. The standard InChI is InChI=1S/C24H23N3O6S/c1-33-20-11-15(34-2)5-6-16(20)22(30)25-14-10-19-23(31)26-18-7-3-13(4-8-21(28)29)9-17(18)24(32)27(19)12-14/h3-9,11,14,19H,10,12H2,1-2H3,(H,25,30)(H,26,31)(H,28,29)/b8-4+/t14-,19-/m0/s1. The van der Waals surface area contributed by atoms with Crippen molar-refractivity contribution in [3.8, 4) is 5.75 Å². The fourth-order valence-electron chi connectivity index (χ4n) is 4.15. The number of nitrogens with zero attached hydrogens (tertiary/aromatic N) is 1. The van der Waals surface area contributed by atoms with Crippen molar-refractivity contribution in [3.05, 3.63) is 59.2 Å². The molecule has 3 N–H and O–H groups in total. The average Bonchev–Trinajstić information content (AvgIpc) is 3.22. The number of carbonyl (C=O) groups excluding carboxylic acids is 3. The Kier molecular flexibility index (Phi) is 6.60. The van der Waals surface area contributed by atoms with Crippen molar-refractivity contribution in [2.24, 2.45) is 0 Å². The summed E-state index contributed by atoms with van der Waals surface area (Å²) in [6.07, 6.45) is 4.56. The predicted molar refractivity (Wildman–Crippen MR) is 127 cm³/mol. The number of carbonyl (C=O) groups is 4. The van der Waals surface area contributed by atoms with E-state index in [0.717, 1.165) is 11.0 Å². The molecule has 0 spiro atoms. The lowest BCUT2D eigenvalue weighted by atomic mass is 10.1. The van der Waals surface area contributed by atoms with Crippen molar-refractivity contribution in [2.45, 2.75) is 23.4 Å². The van der Waals surface area contributed by atoms with Crippen LogP contribution in [0.25, 0.3) is 6.08 Å².